The molecule has 5 heterocycles. The number of amides is 1. The third-order valence-electron chi connectivity index (χ3n) is 8.17. The minimum atomic E-state index is -0.872. The van der Waals surface area contributed by atoms with Gasteiger partial charge in [0.2, 0.25) is 5.91 Å². The highest BCUT2D eigenvalue weighted by Gasteiger charge is 2.47. The molecule has 11 heteroatoms. The number of pyridine rings is 2. The lowest BCUT2D eigenvalue weighted by Gasteiger charge is -2.52. The van der Waals surface area contributed by atoms with Crippen molar-refractivity contribution < 1.29 is 19.0 Å². The Labute approximate surface area is 229 Å². The molecule has 1 N–H and O–H groups in total. The fourth-order valence-corrected chi connectivity index (χ4v) is 5.89. The van der Waals surface area contributed by atoms with Crippen LogP contribution in [0.2, 0.25) is 0 Å². The Morgan fingerprint density at radius 3 is 2.70 bits per heavy atom. The van der Waals surface area contributed by atoms with Crippen LogP contribution in [-0.2, 0) is 4.79 Å². The van der Waals surface area contributed by atoms with Crippen molar-refractivity contribution in [2.45, 2.75) is 37.8 Å². The third-order valence-corrected chi connectivity index (χ3v) is 8.17. The highest BCUT2D eigenvalue weighted by atomic mass is 19.1. The van der Waals surface area contributed by atoms with Crippen molar-refractivity contribution in [3.63, 3.8) is 0 Å². The van der Waals surface area contributed by atoms with E-state index in [1.165, 1.54) is 24.4 Å². The van der Waals surface area contributed by atoms with Crippen LogP contribution in [0.1, 0.15) is 49.1 Å². The zero-order valence-electron chi connectivity index (χ0n) is 21.8. The predicted octanol–water partition coefficient (Wildman–Crippen LogP) is 3.85. The van der Waals surface area contributed by atoms with Gasteiger partial charge in [0.15, 0.2) is 6.10 Å². The maximum absolute atomic E-state index is 13.4. The molecule has 1 aliphatic carbocycles. The second-order valence-corrected chi connectivity index (χ2v) is 10.5. The standard InChI is InChI=1S/C29H28FN7O3/c1-2-27(39)35-7-5-29(6-8-35)10-23(11-29)36-17-21(14-33-36)19-9-25(28-20(12-31)13-34-37(28)16-19)40-26(18-38)24-4-3-22(30)15-32-24/h2-4,9,13-17,23,26,38H,1,5-8,10-11,18H2/t26-/m0/s1. The first-order valence-corrected chi connectivity index (χ1v) is 13.2. The summed E-state index contributed by atoms with van der Waals surface area (Å²) in [5, 5.41) is 28.6. The number of piperidine rings is 1. The van der Waals surface area contributed by atoms with Crippen LogP contribution in [0.3, 0.4) is 0 Å². The quantitative estimate of drug-likeness (QED) is 0.353. The van der Waals surface area contributed by atoms with Crippen LogP contribution in [0.15, 0.2) is 61.8 Å². The lowest BCUT2D eigenvalue weighted by atomic mass is 9.60. The number of fused-ring (bicyclic) bond motifs is 1. The number of halogens is 1. The van der Waals surface area contributed by atoms with Crippen molar-refractivity contribution in [2.24, 2.45) is 5.41 Å². The van der Waals surface area contributed by atoms with E-state index in [9.17, 15) is 19.6 Å². The van der Waals surface area contributed by atoms with Crippen molar-refractivity contribution in [2.75, 3.05) is 19.7 Å². The Hall–Kier alpha value is -4.56. The van der Waals surface area contributed by atoms with Gasteiger partial charge in [0.05, 0.1) is 36.9 Å². The number of rotatable bonds is 7. The van der Waals surface area contributed by atoms with Gasteiger partial charge >= 0.3 is 0 Å². The van der Waals surface area contributed by atoms with Gasteiger partial charge in [0.25, 0.3) is 0 Å². The van der Waals surface area contributed by atoms with Gasteiger partial charge in [-0.25, -0.2) is 8.91 Å². The van der Waals surface area contributed by atoms with E-state index in [2.05, 4.69) is 27.8 Å². The van der Waals surface area contributed by atoms with Gasteiger partial charge < -0.3 is 14.7 Å². The van der Waals surface area contributed by atoms with Gasteiger partial charge in [-0.3, -0.25) is 14.5 Å². The van der Waals surface area contributed by atoms with Gasteiger partial charge in [0.1, 0.15) is 28.7 Å². The molecule has 1 saturated carbocycles. The summed E-state index contributed by atoms with van der Waals surface area (Å²) in [4.78, 5) is 17.8. The summed E-state index contributed by atoms with van der Waals surface area (Å²) in [5.41, 5.74) is 3.02. The van der Waals surface area contributed by atoms with Crippen molar-refractivity contribution in [3.8, 4) is 22.9 Å². The summed E-state index contributed by atoms with van der Waals surface area (Å²) in [6.07, 6.45) is 12.7. The summed E-state index contributed by atoms with van der Waals surface area (Å²) < 4.78 is 23.1. The van der Waals surface area contributed by atoms with Crippen LogP contribution in [0.25, 0.3) is 16.6 Å². The minimum Gasteiger partial charge on any atom is -0.479 e. The Kier molecular flexibility index (Phi) is 6.56. The van der Waals surface area contributed by atoms with Crippen molar-refractivity contribution in [1.29, 1.82) is 5.26 Å². The molecule has 2 aliphatic rings. The number of nitriles is 1. The molecule has 2 fully saturated rings. The SMILES string of the molecule is C=CC(=O)N1CCC2(CC1)CC(n1cc(-c3cc(O[C@@H](CO)c4ccc(F)cn4)c4c(C#N)cnn4c3)cn1)C2. The van der Waals surface area contributed by atoms with Crippen LogP contribution in [0.5, 0.6) is 5.75 Å². The zero-order valence-corrected chi connectivity index (χ0v) is 21.8. The fraction of sp³-hybridized carbons (Fsp3) is 0.345. The molecule has 0 bridgehead atoms. The van der Waals surface area contributed by atoms with Crippen LogP contribution >= 0.6 is 0 Å². The number of aliphatic hydroxyl groups is 1. The molecular weight excluding hydrogens is 513 g/mol. The van der Waals surface area contributed by atoms with E-state index < -0.39 is 18.5 Å². The van der Waals surface area contributed by atoms with Gasteiger partial charge in [-0.2, -0.15) is 15.5 Å². The van der Waals surface area contributed by atoms with Crippen LogP contribution in [-0.4, -0.2) is 60.0 Å². The van der Waals surface area contributed by atoms with Crippen LogP contribution < -0.4 is 4.74 Å². The molecule has 10 nitrogen and oxygen atoms in total. The molecule has 1 saturated heterocycles. The van der Waals surface area contributed by atoms with Crippen LogP contribution in [0.4, 0.5) is 4.39 Å². The summed E-state index contributed by atoms with van der Waals surface area (Å²) in [6.45, 7) is 4.73. The molecule has 6 rings (SSSR count). The van der Waals surface area contributed by atoms with Crippen molar-refractivity contribution in [1.82, 2.24) is 29.3 Å². The lowest BCUT2D eigenvalue weighted by molar-refractivity contribution is -0.130. The average molecular weight is 542 g/mol. The molecule has 1 spiro atoms. The minimum absolute atomic E-state index is 0.000991. The number of carbonyl (C=O) groups excluding carboxylic acids is 1. The first kappa shape index (κ1) is 25.7. The maximum atomic E-state index is 13.4. The van der Waals surface area contributed by atoms with Gasteiger partial charge in [-0.15, -0.1) is 0 Å². The molecule has 0 radical (unpaired) electrons. The number of hydrogen-bond acceptors (Lipinski definition) is 7. The molecule has 0 aromatic carbocycles. The number of likely N-dealkylation sites (tertiary alicyclic amines) is 1. The molecule has 1 atom stereocenters. The number of hydrogen-bond donors (Lipinski definition) is 1. The lowest BCUT2D eigenvalue weighted by Crippen LogP contribution is -2.48. The third kappa shape index (κ3) is 4.60. The number of nitrogens with zero attached hydrogens (tertiary/aromatic N) is 7. The van der Waals surface area contributed by atoms with Gasteiger partial charge in [-0.05, 0) is 55.4 Å². The second kappa shape index (κ2) is 10.2. The van der Waals surface area contributed by atoms with E-state index in [1.807, 2.05) is 22.0 Å². The smallest absolute Gasteiger partial charge is 0.245 e. The maximum Gasteiger partial charge on any atom is 0.245 e. The molecule has 204 valence electrons. The molecule has 4 aromatic heterocycles. The first-order chi connectivity index (χ1) is 19.4. The number of carbonyl (C=O) groups is 1. The Morgan fingerprint density at radius 1 is 1.23 bits per heavy atom. The van der Waals surface area contributed by atoms with E-state index in [-0.39, 0.29) is 17.4 Å². The van der Waals surface area contributed by atoms with Gasteiger partial charge in [-0.1, -0.05) is 6.58 Å². The first-order valence-electron chi connectivity index (χ1n) is 13.2. The summed E-state index contributed by atoms with van der Waals surface area (Å²) in [5.74, 6) is -0.149. The van der Waals surface area contributed by atoms with Crippen molar-refractivity contribution in [3.05, 3.63) is 78.9 Å². The molecule has 4 aromatic rings. The molecule has 0 unspecified atom stereocenters. The monoisotopic (exact) mass is 541 g/mol. The number of aromatic nitrogens is 5. The highest BCUT2D eigenvalue weighted by molar-refractivity contribution is 5.87. The van der Waals surface area contributed by atoms with E-state index in [0.717, 1.165) is 56.1 Å². The Balaban J connectivity index is 1.23. The fourth-order valence-electron chi connectivity index (χ4n) is 5.89. The average Bonchev–Trinajstić information content (AvgIpc) is 3.62. The molecule has 40 heavy (non-hydrogen) atoms. The normalized spacial score (nSPS) is 17.4. The largest absolute Gasteiger partial charge is 0.479 e. The number of aliphatic hydroxyl groups excluding tert-OH is 1. The predicted molar refractivity (Wildman–Crippen MR) is 142 cm³/mol. The second-order valence-electron chi connectivity index (χ2n) is 10.5. The van der Waals surface area contributed by atoms with Crippen LogP contribution in [0, 0.1) is 22.6 Å². The molecule has 1 amide bonds. The summed E-state index contributed by atoms with van der Waals surface area (Å²) in [7, 11) is 0. The van der Waals surface area contributed by atoms with E-state index in [0.29, 0.717) is 22.5 Å². The van der Waals surface area contributed by atoms with E-state index in [4.69, 9.17) is 4.74 Å². The van der Waals surface area contributed by atoms with E-state index in [1.54, 1.807) is 16.8 Å². The topological polar surface area (TPSA) is 122 Å². The van der Waals surface area contributed by atoms with Gasteiger partial charge in [0, 0.05) is 36.6 Å². The Bertz CT molecular complexity index is 1600. The zero-order chi connectivity index (χ0) is 27.9. The summed E-state index contributed by atoms with van der Waals surface area (Å²) >= 11 is 0. The van der Waals surface area contributed by atoms with E-state index >= 15 is 0 Å². The Morgan fingerprint density at radius 2 is 2.02 bits per heavy atom. The molecular formula is C29H28FN7O3. The molecule has 1 aliphatic heterocycles. The van der Waals surface area contributed by atoms with Crippen molar-refractivity contribution >= 4 is 11.4 Å². The number of ether oxygens (including phenoxy) is 1. The highest BCUT2D eigenvalue weighted by Crippen LogP contribution is 2.54. The summed E-state index contributed by atoms with van der Waals surface area (Å²) in [6, 6.07) is 6.91.